The molecule has 3 nitrogen and oxygen atoms in total. The summed E-state index contributed by atoms with van der Waals surface area (Å²) in [5.74, 6) is 0. The molecular formula is C12H13Cl2NO2. The van der Waals surface area contributed by atoms with Gasteiger partial charge in [-0.25, -0.2) is 0 Å². The van der Waals surface area contributed by atoms with Crippen LogP contribution in [0, 0.1) is 0 Å². The number of furan rings is 1. The second kappa shape index (κ2) is 5.74. The minimum Gasteiger partial charge on any atom is -0.464 e. The highest BCUT2D eigenvalue weighted by atomic mass is 35.5. The normalized spacial score (nSPS) is 11.2. The van der Waals surface area contributed by atoms with Gasteiger partial charge in [0.05, 0.1) is 17.9 Å². The lowest BCUT2D eigenvalue weighted by Crippen LogP contribution is -2.18. The topological polar surface area (TPSA) is 34.4 Å². The third kappa shape index (κ3) is 2.93. The summed E-state index contributed by atoms with van der Waals surface area (Å²) in [6.45, 7) is 2.15. The predicted octanol–water partition coefficient (Wildman–Crippen LogP) is 3.48. The first-order valence-corrected chi connectivity index (χ1v) is 6.02. The van der Waals surface area contributed by atoms with Crippen molar-refractivity contribution in [3.63, 3.8) is 0 Å². The molecule has 0 unspecified atom stereocenters. The van der Waals surface area contributed by atoms with Crippen LogP contribution in [0.3, 0.4) is 0 Å². The van der Waals surface area contributed by atoms with E-state index in [1.807, 2.05) is 0 Å². The molecule has 0 aliphatic rings. The maximum absolute atomic E-state index is 6.15. The fraction of sp³-hybridized carbons (Fsp3) is 0.333. The van der Waals surface area contributed by atoms with Crippen LogP contribution in [0.5, 0.6) is 0 Å². The van der Waals surface area contributed by atoms with Crippen LogP contribution in [0.25, 0.3) is 11.0 Å². The molecule has 0 bridgehead atoms. The monoisotopic (exact) mass is 273 g/mol. The lowest BCUT2D eigenvalue weighted by Gasteiger charge is -2.03. The van der Waals surface area contributed by atoms with Gasteiger partial charge in [-0.1, -0.05) is 23.2 Å². The van der Waals surface area contributed by atoms with Crippen molar-refractivity contribution in [2.24, 2.45) is 0 Å². The summed E-state index contributed by atoms with van der Waals surface area (Å²) in [7, 11) is 1.67. The minimum absolute atomic E-state index is 0.579. The van der Waals surface area contributed by atoms with E-state index < -0.39 is 0 Å². The van der Waals surface area contributed by atoms with Gasteiger partial charge >= 0.3 is 0 Å². The summed E-state index contributed by atoms with van der Waals surface area (Å²) in [5, 5.41) is 5.36. The summed E-state index contributed by atoms with van der Waals surface area (Å²) >= 11 is 12.1. The molecule has 1 heterocycles. The zero-order valence-corrected chi connectivity index (χ0v) is 10.9. The van der Waals surface area contributed by atoms with Crippen LogP contribution in [0.2, 0.25) is 10.0 Å². The van der Waals surface area contributed by atoms with Crippen molar-refractivity contribution < 1.29 is 9.15 Å². The zero-order chi connectivity index (χ0) is 12.3. The average molecular weight is 274 g/mol. The fourth-order valence-electron chi connectivity index (χ4n) is 1.68. The van der Waals surface area contributed by atoms with E-state index in [2.05, 4.69) is 5.32 Å². The maximum Gasteiger partial charge on any atom is 0.137 e. The lowest BCUT2D eigenvalue weighted by atomic mass is 10.2. The number of ether oxygens (including phenoxy) is 1. The van der Waals surface area contributed by atoms with E-state index in [1.165, 1.54) is 0 Å². The van der Waals surface area contributed by atoms with Crippen molar-refractivity contribution in [1.29, 1.82) is 0 Å². The minimum atomic E-state index is 0.579. The smallest absolute Gasteiger partial charge is 0.137 e. The SMILES string of the molecule is COCCNCc1coc2cc(Cl)cc(Cl)c12. The number of rotatable bonds is 5. The number of hydrogen-bond donors (Lipinski definition) is 1. The number of hydrogen-bond acceptors (Lipinski definition) is 3. The molecule has 17 heavy (non-hydrogen) atoms. The Labute approximate surface area is 110 Å². The van der Waals surface area contributed by atoms with Gasteiger partial charge in [0.15, 0.2) is 0 Å². The van der Waals surface area contributed by atoms with E-state index in [0.717, 1.165) is 17.5 Å². The summed E-state index contributed by atoms with van der Waals surface area (Å²) in [4.78, 5) is 0. The second-order valence-corrected chi connectivity index (χ2v) is 4.53. The van der Waals surface area contributed by atoms with Gasteiger partial charge in [0.25, 0.3) is 0 Å². The Bertz CT molecular complexity index is 510. The third-order valence-electron chi connectivity index (χ3n) is 2.47. The number of methoxy groups -OCH3 is 1. The maximum atomic E-state index is 6.15. The molecule has 0 atom stereocenters. The predicted molar refractivity (Wildman–Crippen MR) is 69.8 cm³/mol. The molecule has 2 rings (SSSR count). The summed E-state index contributed by atoms with van der Waals surface area (Å²) in [6.07, 6.45) is 1.70. The van der Waals surface area contributed by atoms with Gasteiger partial charge in [-0.3, -0.25) is 0 Å². The molecule has 1 N–H and O–H groups in total. The van der Waals surface area contributed by atoms with Crippen molar-refractivity contribution in [1.82, 2.24) is 5.32 Å². The van der Waals surface area contributed by atoms with Gasteiger partial charge in [0.2, 0.25) is 0 Å². The van der Waals surface area contributed by atoms with Gasteiger partial charge in [-0.05, 0) is 6.07 Å². The van der Waals surface area contributed by atoms with E-state index in [4.69, 9.17) is 32.4 Å². The number of nitrogens with one attached hydrogen (secondary N) is 1. The first-order valence-electron chi connectivity index (χ1n) is 5.27. The van der Waals surface area contributed by atoms with Crippen molar-refractivity contribution >= 4 is 34.2 Å². The van der Waals surface area contributed by atoms with Crippen LogP contribution in [0.15, 0.2) is 22.8 Å². The van der Waals surface area contributed by atoms with Crippen LogP contribution < -0.4 is 5.32 Å². The quantitative estimate of drug-likeness (QED) is 0.848. The molecule has 0 saturated carbocycles. The van der Waals surface area contributed by atoms with E-state index in [-0.39, 0.29) is 0 Å². The van der Waals surface area contributed by atoms with Gasteiger partial charge in [-0.15, -0.1) is 0 Å². The van der Waals surface area contributed by atoms with Crippen LogP contribution >= 0.6 is 23.2 Å². The molecule has 0 radical (unpaired) electrons. The Hall–Kier alpha value is -0.740. The van der Waals surface area contributed by atoms with Crippen LogP contribution in [-0.4, -0.2) is 20.3 Å². The van der Waals surface area contributed by atoms with E-state index in [1.54, 1.807) is 25.5 Å². The first kappa shape index (κ1) is 12.7. The van der Waals surface area contributed by atoms with Crippen molar-refractivity contribution in [3.8, 4) is 0 Å². The van der Waals surface area contributed by atoms with Gasteiger partial charge < -0.3 is 14.5 Å². The molecule has 0 fully saturated rings. The van der Waals surface area contributed by atoms with Gasteiger partial charge in [0.1, 0.15) is 5.58 Å². The standard InChI is InChI=1S/C12H13Cl2NO2/c1-16-3-2-15-6-8-7-17-11-5-9(13)4-10(14)12(8)11/h4-5,7,15H,2-3,6H2,1H3. The van der Waals surface area contributed by atoms with Crippen molar-refractivity contribution in [2.75, 3.05) is 20.3 Å². The van der Waals surface area contributed by atoms with E-state index in [9.17, 15) is 0 Å². The molecule has 1 aromatic carbocycles. The second-order valence-electron chi connectivity index (χ2n) is 3.69. The van der Waals surface area contributed by atoms with E-state index >= 15 is 0 Å². The molecule has 0 spiro atoms. The Balaban J connectivity index is 2.18. The van der Waals surface area contributed by atoms with Crippen LogP contribution in [-0.2, 0) is 11.3 Å². The van der Waals surface area contributed by atoms with Gasteiger partial charge in [-0.2, -0.15) is 0 Å². The summed E-state index contributed by atoms with van der Waals surface area (Å²) in [5.41, 5.74) is 1.74. The van der Waals surface area contributed by atoms with Crippen LogP contribution in [0.1, 0.15) is 5.56 Å². The Morgan fingerprint density at radius 1 is 1.35 bits per heavy atom. The number of fused-ring (bicyclic) bond motifs is 1. The summed E-state index contributed by atoms with van der Waals surface area (Å²) in [6, 6.07) is 3.49. The highest BCUT2D eigenvalue weighted by Gasteiger charge is 2.10. The van der Waals surface area contributed by atoms with E-state index in [0.29, 0.717) is 28.8 Å². The highest BCUT2D eigenvalue weighted by Crippen LogP contribution is 2.31. The van der Waals surface area contributed by atoms with Crippen molar-refractivity contribution in [2.45, 2.75) is 6.54 Å². The Kier molecular flexibility index (Phi) is 4.29. The largest absolute Gasteiger partial charge is 0.464 e. The molecule has 0 aliphatic heterocycles. The average Bonchev–Trinajstić information content (AvgIpc) is 2.68. The van der Waals surface area contributed by atoms with Crippen molar-refractivity contribution in [3.05, 3.63) is 34.0 Å². The Morgan fingerprint density at radius 3 is 2.94 bits per heavy atom. The number of benzene rings is 1. The molecule has 0 saturated heterocycles. The Morgan fingerprint density at radius 2 is 2.18 bits per heavy atom. The molecular weight excluding hydrogens is 261 g/mol. The molecule has 1 aromatic heterocycles. The van der Waals surface area contributed by atoms with Gasteiger partial charge in [0, 0.05) is 42.2 Å². The lowest BCUT2D eigenvalue weighted by molar-refractivity contribution is 0.199. The third-order valence-corrected chi connectivity index (χ3v) is 2.98. The zero-order valence-electron chi connectivity index (χ0n) is 9.43. The molecule has 92 valence electrons. The highest BCUT2D eigenvalue weighted by molar-refractivity contribution is 6.38. The molecule has 2 aromatic rings. The molecule has 0 aliphatic carbocycles. The molecule has 0 amide bonds. The van der Waals surface area contributed by atoms with Crippen LogP contribution in [0.4, 0.5) is 0 Å². The summed E-state index contributed by atoms with van der Waals surface area (Å²) < 4.78 is 10.4. The fourth-order valence-corrected chi connectivity index (χ4v) is 2.27. The number of halogens is 2. The first-order chi connectivity index (χ1) is 8.22. The molecule has 5 heteroatoms.